The van der Waals surface area contributed by atoms with E-state index < -0.39 is 5.97 Å². The highest BCUT2D eigenvalue weighted by Gasteiger charge is 2.10. The minimum atomic E-state index is -0.991. The maximum Gasteiger partial charge on any atom is 0.337 e. The van der Waals surface area contributed by atoms with Gasteiger partial charge >= 0.3 is 5.97 Å². The van der Waals surface area contributed by atoms with E-state index in [1.54, 1.807) is 12.1 Å². The van der Waals surface area contributed by atoms with Crippen LogP contribution >= 0.6 is 11.6 Å². The van der Waals surface area contributed by atoms with Crippen LogP contribution in [0.4, 0.5) is 5.69 Å². The number of carbonyl (C=O) groups is 1. The summed E-state index contributed by atoms with van der Waals surface area (Å²) in [6, 6.07) is 13.1. The third-order valence-corrected chi connectivity index (χ3v) is 3.58. The molecule has 3 nitrogen and oxygen atoms in total. The fraction of sp³-hybridized carbons (Fsp3) is 0.235. The maximum absolute atomic E-state index is 11.2. The highest BCUT2D eigenvalue weighted by molar-refractivity contribution is 6.31. The molecule has 0 heterocycles. The smallest absolute Gasteiger partial charge is 0.337 e. The lowest BCUT2D eigenvalue weighted by atomic mass is 10.0. The third-order valence-electron chi connectivity index (χ3n) is 3.34. The van der Waals surface area contributed by atoms with Crippen molar-refractivity contribution in [2.24, 2.45) is 0 Å². The third kappa shape index (κ3) is 3.99. The standard InChI is InChI=1S/C17H18ClNO2/c1-11(2)13-5-3-12(4-6-13)10-19-16-8-7-14(18)9-15(16)17(20)21/h3-9,11,19H,10H2,1-2H3,(H,20,21). The number of hydrogen-bond donors (Lipinski definition) is 2. The Morgan fingerprint density at radius 2 is 1.86 bits per heavy atom. The van der Waals surface area contributed by atoms with Gasteiger partial charge in [0.1, 0.15) is 0 Å². The van der Waals surface area contributed by atoms with Crippen LogP contribution in [0.1, 0.15) is 41.3 Å². The van der Waals surface area contributed by atoms with Crippen LogP contribution in [0.3, 0.4) is 0 Å². The molecule has 2 aromatic carbocycles. The fourth-order valence-electron chi connectivity index (χ4n) is 2.07. The zero-order chi connectivity index (χ0) is 15.4. The number of halogens is 1. The second-order valence-corrected chi connectivity index (χ2v) is 5.68. The van der Waals surface area contributed by atoms with Crippen molar-refractivity contribution >= 4 is 23.3 Å². The van der Waals surface area contributed by atoms with Crippen molar-refractivity contribution in [3.8, 4) is 0 Å². The number of rotatable bonds is 5. The van der Waals surface area contributed by atoms with E-state index in [1.165, 1.54) is 11.6 Å². The molecule has 0 bridgehead atoms. The molecule has 0 spiro atoms. The van der Waals surface area contributed by atoms with E-state index in [4.69, 9.17) is 11.6 Å². The minimum Gasteiger partial charge on any atom is -0.478 e. The molecule has 0 fully saturated rings. The lowest BCUT2D eigenvalue weighted by Crippen LogP contribution is -2.06. The Kier molecular flexibility index (Phi) is 4.86. The Bertz CT molecular complexity index is 636. The Morgan fingerprint density at radius 1 is 1.19 bits per heavy atom. The van der Waals surface area contributed by atoms with E-state index in [0.717, 1.165) is 5.56 Å². The molecule has 0 aliphatic rings. The van der Waals surface area contributed by atoms with E-state index in [0.29, 0.717) is 23.2 Å². The first-order chi connectivity index (χ1) is 9.97. The van der Waals surface area contributed by atoms with Crippen molar-refractivity contribution in [2.75, 3.05) is 5.32 Å². The van der Waals surface area contributed by atoms with Crippen molar-refractivity contribution < 1.29 is 9.90 Å². The molecule has 110 valence electrons. The molecule has 0 aromatic heterocycles. The molecule has 21 heavy (non-hydrogen) atoms. The molecule has 2 aromatic rings. The zero-order valence-electron chi connectivity index (χ0n) is 12.1. The van der Waals surface area contributed by atoms with Crippen molar-refractivity contribution in [2.45, 2.75) is 26.3 Å². The Hall–Kier alpha value is -2.00. The van der Waals surface area contributed by atoms with Crippen LogP contribution in [0.5, 0.6) is 0 Å². The quantitative estimate of drug-likeness (QED) is 0.836. The summed E-state index contributed by atoms with van der Waals surface area (Å²) in [5.41, 5.74) is 3.14. The molecule has 0 radical (unpaired) electrons. The number of benzene rings is 2. The van der Waals surface area contributed by atoms with Gasteiger partial charge in [0.25, 0.3) is 0 Å². The van der Waals surface area contributed by atoms with Gasteiger partial charge in [-0.2, -0.15) is 0 Å². The van der Waals surface area contributed by atoms with Crippen LogP contribution in [0.2, 0.25) is 5.02 Å². The van der Waals surface area contributed by atoms with Crippen molar-refractivity contribution in [1.29, 1.82) is 0 Å². The number of nitrogens with one attached hydrogen (secondary N) is 1. The largest absolute Gasteiger partial charge is 0.478 e. The minimum absolute atomic E-state index is 0.182. The molecule has 2 N–H and O–H groups in total. The van der Waals surface area contributed by atoms with Crippen LogP contribution in [0.15, 0.2) is 42.5 Å². The average Bonchev–Trinajstić information content (AvgIpc) is 2.46. The monoisotopic (exact) mass is 303 g/mol. The number of anilines is 1. The van der Waals surface area contributed by atoms with Gasteiger partial charge in [0.2, 0.25) is 0 Å². The highest BCUT2D eigenvalue weighted by Crippen LogP contribution is 2.22. The van der Waals surface area contributed by atoms with Crippen molar-refractivity contribution in [3.05, 3.63) is 64.2 Å². The molecule has 0 unspecified atom stereocenters. The molecule has 0 aliphatic carbocycles. The molecular formula is C17H18ClNO2. The molecule has 0 saturated carbocycles. The predicted molar refractivity (Wildman–Crippen MR) is 86.3 cm³/mol. The van der Waals surface area contributed by atoms with E-state index >= 15 is 0 Å². The van der Waals surface area contributed by atoms with Crippen LogP contribution in [-0.4, -0.2) is 11.1 Å². The number of carboxylic acid groups (broad SMARTS) is 1. The number of hydrogen-bond acceptors (Lipinski definition) is 2. The van der Waals surface area contributed by atoms with Gasteiger partial charge in [-0.25, -0.2) is 4.79 Å². The number of aromatic carboxylic acids is 1. The van der Waals surface area contributed by atoms with Crippen LogP contribution in [0, 0.1) is 0 Å². The van der Waals surface area contributed by atoms with E-state index in [-0.39, 0.29) is 5.56 Å². The molecule has 0 saturated heterocycles. The second-order valence-electron chi connectivity index (χ2n) is 5.24. The van der Waals surface area contributed by atoms with E-state index in [2.05, 4.69) is 43.4 Å². The molecule has 0 atom stereocenters. The lowest BCUT2D eigenvalue weighted by molar-refractivity contribution is 0.0698. The van der Waals surface area contributed by atoms with Crippen LogP contribution in [0.25, 0.3) is 0 Å². The molecule has 0 amide bonds. The molecule has 4 heteroatoms. The summed E-state index contributed by atoms with van der Waals surface area (Å²) in [4.78, 5) is 11.2. The van der Waals surface area contributed by atoms with Gasteiger partial charge in [-0.1, -0.05) is 49.7 Å². The summed E-state index contributed by atoms with van der Waals surface area (Å²) >= 11 is 5.83. The van der Waals surface area contributed by atoms with Gasteiger partial charge in [-0.3, -0.25) is 0 Å². The van der Waals surface area contributed by atoms with Crippen LogP contribution < -0.4 is 5.32 Å². The molecule has 0 aliphatic heterocycles. The van der Waals surface area contributed by atoms with E-state index in [9.17, 15) is 9.90 Å². The maximum atomic E-state index is 11.2. The van der Waals surface area contributed by atoms with Gasteiger partial charge in [-0.05, 0) is 35.2 Å². The van der Waals surface area contributed by atoms with Crippen molar-refractivity contribution in [3.63, 3.8) is 0 Å². The normalized spacial score (nSPS) is 10.7. The van der Waals surface area contributed by atoms with Gasteiger partial charge in [0.15, 0.2) is 0 Å². The topological polar surface area (TPSA) is 49.3 Å². The first kappa shape index (κ1) is 15.4. The first-order valence-corrected chi connectivity index (χ1v) is 7.20. The molecule has 2 rings (SSSR count). The van der Waals surface area contributed by atoms with Gasteiger partial charge in [0.05, 0.1) is 5.56 Å². The van der Waals surface area contributed by atoms with E-state index in [1.807, 2.05) is 0 Å². The average molecular weight is 304 g/mol. The highest BCUT2D eigenvalue weighted by atomic mass is 35.5. The Morgan fingerprint density at radius 3 is 2.43 bits per heavy atom. The van der Waals surface area contributed by atoms with Gasteiger partial charge < -0.3 is 10.4 Å². The second kappa shape index (κ2) is 6.64. The van der Waals surface area contributed by atoms with Gasteiger partial charge in [-0.15, -0.1) is 0 Å². The summed E-state index contributed by atoms with van der Waals surface area (Å²) in [6.45, 7) is 4.88. The lowest BCUT2D eigenvalue weighted by Gasteiger charge is -2.11. The summed E-state index contributed by atoms with van der Waals surface area (Å²) < 4.78 is 0. The Labute approximate surface area is 129 Å². The number of carboxylic acids is 1. The first-order valence-electron chi connectivity index (χ1n) is 6.83. The zero-order valence-corrected chi connectivity index (χ0v) is 12.8. The summed E-state index contributed by atoms with van der Waals surface area (Å²) in [5, 5.41) is 12.7. The Balaban J connectivity index is 2.11. The summed E-state index contributed by atoms with van der Waals surface area (Å²) in [6.07, 6.45) is 0. The molecular weight excluding hydrogens is 286 g/mol. The van der Waals surface area contributed by atoms with Crippen LogP contribution in [-0.2, 0) is 6.54 Å². The van der Waals surface area contributed by atoms with Gasteiger partial charge in [0, 0.05) is 17.3 Å². The van der Waals surface area contributed by atoms with Crippen molar-refractivity contribution in [1.82, 2.24) is 0 Å². The summed E-state index contributed by atoms with van der Waals surface area (Å²) in [7, 11) is 0. The predicted octanol–water partition coefficient (Wildman–Crippen LogP) is 4.77. The SMILES string of the molecule is CC(C)c1ccc(CNc2ccc(Cl)cc2C(=O)O)cc1. The summed E-state index contributed by atoms with van der Waals surface area (Å²) in [5.74, 6) is -0.489. The fourth-order valence-corrected chi connectivity index (χ4v) is 2.24.